The van der Waals surface area contributed by atoms with Crippen LogP contribution in [0, 0.1) is 5.92 Å². The van der Waals surface area contributed by atoms with Crippen molar-refractivity contribution in [2.75, 3.05) is 18.4 Å². The standard InChI is InChI=1S/C24H24Cl2N8O2/c25-16-4-3-14(9-17(16)26)21-30-18-11-33(23(27)36)12-19(18)34(21)20-5-7-28-24(31-20)29-15-6-8-32(10-15)22(35)13-1-2-13/h3-5,7,9,13,15H,1-2,6,8,10-12H2,(H2,27,36)(H,28,29,31)/t15-/m0/s1. The van der Waals surface area contributed by atoms with Gasteiger partial charge in [-0.3, -0.25) is 9.36 Å². The number of nitrogens with zero attached hydrogens (tertiary/aromatic N) is 6. The monoisotopic (exact) mass is 526 g/mol. The topological polar surface area (TPSA) is 122 Å². The number of rotatable bonds is 5. The zero-order chi connectivity index (χ0) is 25.0. The molecule has 1 aromatic carbocycles. The van der Waals surface area contributed by atoms with Crippen LogP contribution in [0.5, 0.6) is 0 Å². The lowest BCUT2D eigenvalue weighted by molar-refractivity contribution is -0.131. The van der Waals surface area contributed by atoms with Crippen molar-refractivity contribution in [3.8, 4) is 17.2 Å². The molecule has 36 heavy (non-hydrogen) atoms. The summed E-state index contributed by atoms with van der Waals surface area (Å²) in [5.74, 6) is 2.16. The summed E-state index contributed by atoms with van der Waals surface area (Å²) in [6.07, 6.45) is 4.53. The largest absolute Gasteiger partial charge is 0.351 e. The van der Waals surface area contributed by atoms with Gasteiger partial charge in [0.15, 0.2) is 0 Å². The Hall–Kier alpha value is -3.37. The molecule has 1 atom stereocenters. The van der Waals surface area contributed by atoms with E-state index < -0.39 is 6.03 Å². The number of urea groups is 1. The van der Waals surface area contributed by atoms with Crippen molar-refractivity contribution in [2.24, 2.45) is 11.7 Å². The van der Waals surface area contributed by atoms with Crippen LogP contribution in [0.25, 0.3) is 17.2 Å². The van der Waals surface area contributed by atoms with Gasteiger partial charge in [0, 0.05) is 36.8 Å². The number of hydrogen-bond acceptors (Lipinski definition) is 6. The molecule has 186 valence electrons. The molecule has 3 aliphatic rings. The minimum Gasteiger partial charge on any atom is -0.351 e. The molecule has 6 rings (SSSR count). The molecule has 0 spiro atoms. The number of benzene rings is 1. The predicted molar refractivity (Wildman–Crippen MR) is 135 cm³/mol. The Morgan fingerprint density at radius 1 is 1.03 bits per heavy atom. The van der Waals surface area contributed by atoms with Gasteiger partial charge in [0.2, 0.25) is 11.9 Å². The summed E-state index contributed by atoms with van der Waals surface area (Å²) < 4.78 is 1.91. The molecule has 1 aliphatic carbocycles. The van der Waals surface area contributed by atoms with Crippen molar-refractivity contribution in [1.29, 1.82) is 0 Å². The highest BCUT2D eigenvalue weighted by Crippen LogP contribution is 2.35. The molecule has 1 saturated heterocycles. The van der Waals surface area contributed by atoms with E-state index in [4.69, 9.17) is 38.9 Å². The van der Waals surface area contributed by atoms with Crippen LogP contribution in [0.2, 0.25) is 10.0 Å². The number of nitrogens with two attached hydrogens (primary N) is 1. The maximum Gasteiger partial charge on any atom is 0.315 e. The molecule has 2 aromatic heterocycles. The summed E-state index contributed by atoms with van der Waals surface area (Å²) in [5, 5.41) is 4.25. The summed E-state index contributed by atoms with van der Waals surface area (Å²) in [5.41, 5.74) is 7.87. The highest BCUT2D eigenvalue weighted by molar-refractivity contribution is 6.42. The van der Waals surface area contributed by atoms with Crippen LogP contribution in [-0.4, -0.2) is 60.4 Å². The van der Waals surface area contributed by atoms with E-state index in [0.29, 0.717) is 47.3 Å². The summed E-state index contributed by atoms with van der Waals surface area (Å²) in [6.45, 7) is 2.01. The Morgan fingerprint density at radius 3 is 2.61 bits per heavy atom. The number of hydrogen-bond donors (Lipinski definition) is 2. The average Bonchev–Trinajstić information content (AvgIpc) is 3.29. The van der Waals surface area contributed by atoms with E-state index in [-0.39, 0.29) is 17.9 Å². The smallest absolute Gasteiger partial charge is 0.315 e. The van der Waals surface area contributed by atoms with Crippen LogP contribution in [0.1, 0.15) is 30.7 Å². The molecule has 3 aromatic rings. The van der Waals surface area contributed by atoms with E-state index >= 15 is 0 Å². The zero-order valence-electron chi connectivity index (χ0n) is 19.3. The van der Waals surface area contributed by atoms with Crippen LogP contribution >= 0.6 is 23.2 Å². The Balaban J connectivity index is 1.32. The number of nitrogens with one attached hydrogen (secondary N) is 1. The van der Waals surface area contributed by atoms with Gasteiger partial charge in [-0.25, -0.2) is 14.8 Å². The Kier molecular flexibility index (Phi) is 5.72. The highest BCUT2D eigenvalue weighted by Gasteiger charge is 2.37. The SMILES string of the molecule is NC(=O)N1Cc2nc(-c3ccc(Cl)c(Cl)c3)n(-c3ccnc(N[C@H]4CCN(C(=O)C5CC5)C4)n3)c2C1. The summed E-state index contributed by atoms with van der Waals surface area (Å²) in [6, 6.07) is 6.69. The van der Waals surface area contributed by atoms with Gasteiger partial charge < -0.3 is 20.9 Å². The van der Waals surface area contributed by atoms with Gasteiger partial charge in [-0.05, 0) is 43.5 Å². The Morgan fingerprint density at radius 2 is 1.86 bits per heavy atom. The lowest BCUT2D eigenvalue weighted by Gasteiger charge is -2.18. The maximum absolute atomic E-state index is 12.4. The number of primary amides is 1. The van der Waals surface area contributed by atoms with Gasteiger partial charge in [0.05, 0.1) is 34.5 Å². The van der Waals surface area contributed by atoms with E-state index in [1.165, 1.54) is 4.90 Å². The lowest BCUT2D eigenvalue weighted by Crippen LogP contribution is -2.32. The molecule has 3 N–H and O–H groups in total. The second kappa shape index (κ2) is 8.94. The van der Waals surface area contributed by atoms with Crippen LogP contribution in [0.3, 0.4) is 0 Å². The third-order valence-electron chi connectivity index (χ3n) is 6.86. The molecule has 1 saturated carbocycles. The molecular formula is C24H24Cl2N8O2. The fourth-order valence-electron chi connectivity index (χ4n) is 4.83. The zero-order valence-corrected chi connectivity index (χ0v) is 20.8. The van der Waals surface area contributed by atoms with Gasteiger partial charge in [-0.1, -0.05) is 23.2 Å². The van der Waals surface area contributed by atoms with E-state index in [2.05, 4.69) is 10.3 Å². The molecule has 3 amide bonds. The minimum absolute atomic E-state index is 0.0800. The first kappa shape index (κ1) is 23.1. The molecule has 2 fully saturated rings. The van der Waals surface area contributed by atoms with Gasteiger partial charge in [-0.2, -0.15) is 4.98 Å². The van der Waals surface area contributed by atoms with E-state index in [1.807, 2.05) is 15.5 Å². The van der Waals surface area contributed by atoms with Crippen molar-refractivity contribution in [2.45, 2.75) is 38.4 Å². The summed E-state index contributed by atoms with van der Waals surface area (Å²) in [4.78, 5) is 41.7. The molecule has 4 heterocycles. The van der Waals surface area contributed by atoms with E-state index in [0.717, 1.165) is 42.8 Å². The lowest BCUT2D eigenvalue weighted by atomic mass is 10.2. The fourth-order valence-corrected chi connectivity index (χ4v) is 5.13. The number of amides is 3. The quantitative estimate of drug-likeness (QED) is 0.524. The number of carbonyl (C=O) groups excluding carboxylic acids is 2. The minimum atomic E-state index is -0.507. The number of fused-ring (bicyclic) bond motifs is 1. The van der Waals surface area contributed by atoms with Crippen molar-refractivity contribution in [3.63, 3.8) is 0 Å². The average molecular weight is 527 g/mol. The first-order valence-electron chi connectivity index (χ1n) is 11.9. The van der Waals surface area contributed by atoms with Crippen LogP contribution in [0.4, 0.5) is 10.7 Å². The van der Waals surface area contributed by atoms with Crippen molar-refractivity contribution < 1.29 is 9.59 Å². The first-order chi connectivity index (χ1) is 17.4. The molecule has 0 bridgehead atoms. The number of imidazole rings is 1. The van der Waals surface area contributed by atoms with E-state index in [9.17, 15) is 9.59 Å². The van der Waals surface area contributed by atoms with Crippen molar-refractivity contribution >= 4 is 41.1 Å². The first-order valence-corrected chi connectivity index (χ1v) is 12.6. The second-order valence-corrected chi connectivity index (χ2v) is 10.2. The highest BCUT2D eigenvalue weighted by atomic mass is 35.5. The van der Waals surface area contributed by atoms with Crippen molar-refractivity contribution in [3.05, 3.63) is 51.9 Å². The Labute approximate surface area is 217 Å². The van der Waals surface area contributed by atoms with Crippen LogP contribution in [0.15, 0.2) is 30.5 Å². The molecule has 0 unspecified atom stereocenters. The molecule has 0 radical (unpaired) electrons. The second-order valence-electron chi connectivity index (χ2n) is 9.41. The predicted octanol–water partition coefficient (Wildman–Crippen LogP) is 3.45. The summed E-state index contributed by atoms with van der Waals surface area (Å²) >= 11 is 12.4. The number of anilines is 1. The van der Waals surface area contributed by atoms with E-state index in [1.54, 1.807) is 24.4 Å². The van der Waals surface area contributed by atoms with Gasteiger partial charge in [0.1, 0.15) is 11.6 Å². The van der Waals surface area contributed by atoms with Crippen LogP contribution < -0.4 is 11.1 Å². The third kappa shape index (κ3) is 4.24. The van der Waals surface area contributed by atoms with Crippen LogP contribution in [-0.2, 0) is 17.9 Å². The summed E-state index contributed by atoms with van der Waals surface area (Å²) in [7, 11) is 0. The molecular weight excluding hydrogens is 503 g/mol. The van der Waals surface area contributed by atoms with Crippen molar-refractivity contribution in [1.82, 2.24) is 29.3 Å². The van der Waals surface area contributed by atoms with Gasteiger partial charge in [-0.15, -0.1) is 0 Å². The molecule has 12 heteroatoms. The van der Waals surface area contributed by atoms with Gasteiger partial charge >= 0.3 is 6.03 Å². The third-order valence-corrected chi connectivity index (χ3v) is 7.60. The maximum atomic E-state index is 12.4. The van der Waals surface area contributed by atoms with Gasteiger partial charge in [0.25, 0.3) is 0 Å². The number of carbonyl (C=O) groups is 2. The number of halogens is 2. The fraction of sp³-hybridized carbons (Fsp3) is 0.375. The normalized spacial score (nSPS) is 19.0. The number of likely N-dealkylation sites (tertiary alicyclic amines) is 1. The molecule has 2 aliphatic heterocycles. The number of aromatic nitrogens is 4. The Bertz CT molecular complexity index is 1370. The molecule has 10 nitrogen and oxygen atoms in total.